The van der Waals surface area contributed by atoms with Gasteiger partial charge < -0.3 is 5.32 Å². The van der Waals surface area contributed by atoms with Gasteiger partial charge in [-0.05, 0) is 30.9 Å². The quantitative estimate of drug-likeness (QED) is 0.809. The summed E-state index contributed by atoms with van der Waals surface area (Å²) in [5.74, 6) is -4.37. The Hall–Kier alpha value is -1.66. The fraction of sp³-hybridized carbons (Fsp3) is 0.533. The molecule has 1 amide bonds. The first-order chi connectivity index (χ1) is 10.2. The Morgan fingerprint density at radius 1 is 1.18 bits per heavy atom. The molecular formula is C15H16F5NO. The number of amides is 1. The van der Waals surface area contributed by atoms with Crippen molar-refractivity contribution in [2.45, 2.75) is 44.8 Å². The maximum Gasteiger partial charge on any atom is 0.422 e. The molecule has 1 aliphatic carbocycles. The average Bonchev–Trinajstić information content (AvgIpc) is 2.39. The lowest BCUT2D eigenvalue weighted by Crippen LogP contribution is -2.41. The average molecular weight is 321 g/mol. The molecule has 1 N–H and O–H groups in total. The second-order valence-electron chi connectivity index (χ2n) is 5.62. The molecule has 2 rings (SSSR count). The first-order valence-electron chi connectivity index (χ1n) is 7.08. The van der Waals surface area contributed by atoms with E-state index in [1.165, 1.54) is 0 Å². The highest BCUT2D eigenvalue weighted by molar-refractivity contribution is 5.95. The van der Waals surface area contributed by atoms with Gasteiger partial charge in [-0.2, -0.15) is 13.2 Å². The number of nitrogens with one attached hydrogen (secondary N) is 1. The fourth-order valence-electron chi connectivity index (χ4n) is 2.76. The number of carbonyl (C=O) groups is 1. The Morgan fingerprint density at radius 2 is 1.82 bits per heavy atom. The highest BCUT2D eigenvalue weighted by atomic mass is 19.4. The molecule has 2 unspecified atom stereocenters. The van der Waals surface area contributed by atoms with Crippen LogP contribution in [0.15, 0.2) is 12.1 Å². The Bertz CT molecular complexity index is 570. The van der Waals surface area contributed by atoms with E-state index >= 15 is 0 Å². The van der Waals surface area contributed by atoms with Crippen LogP contribution in [-0.2, 0) is 6.18 Å². The predicted octanol–water partition coefficient (Wildman–Crippen LogP) is 4.29. The van der Waals surface area contributed by atoms with E-state index in [4.69, 9.17) is 0 Å². The van der Waals surface area contributed by atoms with Crippen molar-refractivity contribution in [2.75, 3.05) is 0 Å². The molecule has 0 aromatic heterocycles. The highest BCUT2D eigenvalue weighted by Crippen LogP contribution is 2.34. The topological polar surface area (TPSA) is 29.1 Å². The molecule has 0 bridgehead atoms. The van der Waals surface area contributed by atoms with Gasteiger partial charge in [-0.1, -0.05) is 19.8 Å². The lowest BCUT2D eigenvalue weighted by molar-refractivity contribution is -0.142. The van der Waals surface area contributed by atoms with E-state index in [2.05, 4.69) is 5.32 Å². The van der Waals surface area contributed by atoms with Crippen molar-refractivity contribution in [1.82, 2.24) is 5.32 Å². The van der Waals surface area contributed by atoms with E-state index in [1.54, 1.807) is 0 Å². The van der Waals surface area contributed by atoms with Crippen LogP contribution < -0.4 is 5.32 Å². The van der Waals surface area contributed by atoms with Crippen LogP contribution in [0.3, 0.4) is 0 Å². The van der Waals surface area contributed by atoms with Gasteiger partial charge in [0.15, 0.2) is 5.82 Å². The van der Waals surface area contributed by atoms with Gasteiger partial charge in [-0.3, -0.25) is 4.79 Å². The summed E-state index contributed by atoms with van der Waals surface area (Å²) in [4.78, 5) is 12.0. The first-order valence-corrected chi connectivity index (χ1v) is 7.08. The highest BCUT2D eigenvalue weighted by Gasteiger charge is 2.39. The molecule has 0 saturated heterocycles. The van der Waals surface area contributed by atoms with Crippen LogP contribution in [0.4, 0.5) is 22.0 Å². The molecule has 0 heterocycles. The van der Waals surface area contributed by atoms with Gasteiger partial charge in [0.05, 0.1) is 5.56 Å². The third kappa shape index (κ3) is 3.39. The van der Waals surface area contributed by atoms with Crippen molar-refractivity contribution in [3.8, 4) is 0 Å². The number of hydrogen-bond acceptors (Lipinski definition) is 1. The maximum absolute atomic E-state index is 13.9. The normalized spacial score (nSPS) is 22.5. The Kier molecular flexibility index (Phi) is 4.72. The molecule has 1 aliphatic rings. The first kappa shape index (κ1) is 16.7. The Balaban J connectivity index is 2.27. The Labute approximate surface area is 124 Å². The van der Waals surface area contributed by atoms with Crippen LogP contribution in [-0.4, -0.2) is 11.9 Å². The minimum Gasteiger partial charge on any atom is -0.349 e. The van der Waals surface area contributed by atoms with Crippen molar-refractivity contribution in [2.24, 2.45) is 5.92 Å². The zero-order valence-corrected chi connectivity index (χ0v) is 11.9. The summed E-state index contributed by atoms with van der Waals surface area (Å²) in [5, 5.41) is 2.56. The largest absolute Gasteiger partial charge is 0.422 e. The van der Waals surface area contributed by atoms with Gasteiger partial charge in [0.25, 0.3) is 5.91 Å². The zero-order valence-electron chi connectivity index (χ0n) is 11.9. The van der Waals surface area contributed by atoms with Gasteiger partial charge >= 0.3 is 6.18 Å². The third-order valence-corrected chi connectivity index (χ3v) is 4.05. The van der Waals surface area contributed by atoms with Gasteiger partial charge in [0.1, 0.15) is 11.4 Å². The minimum absolute atomic E-state index is 0.170. The molecule has 1 fully saturated rings. The summed E-state index contributed by atoms with van der Waals surface area (Å²) in [7, 11) is 0. The van der Waals surface area contributed by atoms with Gasteiger partial charge in [-0.15, -0.1) is 0 Å². The van der Waals surface area contributed by atoms with E-state index in [0.717, 1.165) is 25.3 Å². The molecule has 22 heavy (non-hydrogen) atoms. The molecular weight excluding hydrogens is 305 g/mol. The number of carbonyl (C=O) groups excluding carboxylic acids is 1. The van der Waals surface area contributed by atoms with Crippen LogP contribution in [0.1, 0.15) is 48.5 Å². The smallest absolute Gasteiger partial charge is 0.349 e. The van der Waals surface area contributed by atoms with Crippen molar-refractivity contribution < 1.29 is 26.7 Å². The summed E-state index contributed by atoms with van der Waals surface area (Å²) >= 11 is 0. The van der Waals surface area contributed by atoms with Crippen molar-refractivity contribution in [3.63, 3.8) is 0 Å². The number of rotatable bonds is 2. The molecule has 2 atom stereocenters. The lowest BCUT2D eigenvalue weighted by atomic mass is 9.86. The molecule has 7 heteroatoms. The van der Waals surface area contributed by atoms with E-state index < -0.39 is 34.8 Å². The summed E-state index contributed by atoms with van der Waals surface area (Å²) in [6, 6.07) is 0.994. The van der Waals surface area contributed by atoms with Gasteiger partial charge in [0.2, 0.25) is 0 Å². The van der Waals surface area contributed by atoms with Crippen molar-refractivity contribution in [3.05, 3.63) is 34.9 Å². The molecule has 0 spiro atoms. The predicted molar refractivity (Wildman–Crippen MR) is 70.2 cm³/mol. The monoisotopic (exact) mass is 321 g/mol. The number of benzene rings is 1. The van der Waals surface area contributed by atoms with Gasteiger partial charge in [0, 0.05) is 6.04 Å². The summed E-state index contributed by atoms with van der Waals surface area (Å²) in [6.45, 7) is 1.92. The second-order valence-corrected chi connectivity index (χ2v) is 5.62. The standard InChI is InChI=1S/C15H16F5NO/c1-8-4-2-3-5-11(8)21-14(22)9-6-7-10(16)12(13(9)17)15(18,19)20/h6-8,11H,2-5H2,1H3,(H,21,22). The second kappa shape index (κ2) is 6.22. The van der Waals surface area contributed by atoms with Crippen LogP contribution >= 0.6 is 0 Å². The Morgan fingerprint density at radius 3 is 2.41 bits per heavy atom. The third-order valence-electron chi connectivity index (χ3n) is 4.05. The molecule has 122 valence electrons. The number of alkyl halides is 3. The van der Waals surface area contributed by atoms with E-state index in [0.29, 0.717) is 12.5 Å². The molecule has 1 aromatic carbocycles. The van der Waals surface area contributed by atoms with Crippen LogP contribution in [0.2, 0.25) is 0 Å². The van der Waals surface area contributed by atoms with Gasteiger partial charge in [-0.25, -0.2) is 8.78 Å². The van der Waals surface area contributed by atoms with E-state index in [9.17, 15) is 26.7 Å². The molecule has 1 saturated carbocycles. The number of halogens is 5. The lowest BCUT2D eigenvalue weighted by Gasteiger charge is -2.29. The number of hydrogen-bond donors (Lipinski definition) is 1. The SMILES string of the molecule is CC1CCCCC1NC(=O)c1ccc(F)c(C(F)(F)F)c1F. The van der Waals surface area contributed by atoms with Crippen molar-refractivity contribution in [1.29, 1.82) is 0 Å². The summed E-state index contributed by atoms with van der Waals surface area (Å²) in [5.41, 5.74) is -2.82. The van der Waals surface area contributed by atoms with E-state index in [1.807, 2.05) is 6.92 Å². The zero-order chi connectivity index (χ0) is 16.5. The molecule has 0 radical (unpaired) electrons. The summed E-state index contributed by atoms with van der Waals surface area (Å²) < 4.78 is 65.1. The molecule has 0 aliphatic heterocycles. The maximum atomic E-state index is 13.9. The fourth-order valence-corrected chi connectivity index (χ4v) is 2.76. The minimum atomic E-state index is -5.19. The molecule has 1 aromatic rings. The summed E-state index contributed by atoms with van der Waals surface area (Å²) in [6.07, 6.45) is -1.68. The van der Waals surface area contributed by atoms with E-state index in [-0.39, 0.29) is 12.0 Å². The van der Waals surface area contributed by atoms with Crippen LogP contribution in [0, 0.1) is 17.6 Å². The molecule has 2 nitrogen and oxygen atoms in total. The van der Waals surface area contributed by atoms with Crippen molar-refractivity contribution >= 4 is 5.91 Å². The van der Waals surface area contributed by atoms with Crippen LogP contribution in [0.25, 0.3) is 0 Å². The van der Waals surface area contributed by atoms with Crippen LogP contribution in [0.5, 0.6) is 0 Å².